The van der Waals surface area contributed by atoms with E-state index in [2.05, 4.69) is 21.2 Å². The molecule has 0 aromatic heterocycles. The van der Waals surface area contributed by atoms with Gasteiger partial charge in [-0.05, 0) is 93.9 Å². The minimum absolute atomic E-state index is 0.0374. The van der Waals surface area contributed by atoms with E-state index in [1.54, 1.807) is 49.4 Å². The summed E-state index contributed by atoms with van der Waals surface area (Å²) < 4.78 is 35.8. The zero-order chi connectivity index (χ0) is 31.9. The number of benzene rings is 4. The van der Waals surface area contributed by atoms with E-state index in [0.717, 1.165) is 14.3 Å². The van der Waals surface area contributed by atoms with Gasteiger partial charge in [0.05, 0.1) is 10.6 Å². The molecule has 44 heavy (non-hydrogen) atoms. The second-order valence-electron chi connectivity index (χ2n) is 11.3. The van der Waals surface area contributed by atoms with Crippen molar-refractivity contribution in [3.63, 3.8) is 0 Å². The highest BCUT2D eigenvalue weighted by molar-refractivity contribution is 9.10. The van der Waals surface area contributed by atoms with E-state index in [-0.39, 0.29) is 23.0 Å². The fourth-order valence-electron chi connectivity index (χ4n) is 4.40. The standard InChI is InChI=1S/C34H36BrN3O5S/c1-25(33(40)36-34(2,3)4)37(23-26-15-17-27(35)18-16-26)32(39)24-38(44(41,42)31-13-9-6-10-14-31)28-19-21-30(22-20-28)43-29-11-7-5-8-12-29/h5-22,25H,23-24H2,1-4H3,(H,36,40)/t25-/m0/s1. The zero-order valence-corrected chi connectivity index (χ0v) is 27.5. The number of halogens is 1. The van der Waals surface area contributed by atoms with E-state index >= 15 is 0 Å². The van der Waals surface area contributed by atoms with Gasteiger partial charge in [-0.3, -0.25) is 13.9 Å². The topological polar surface area (TPSA) is 96.0 Å². The second kappa shape index (κ2) is 14.1. The van der Waals surface area contributed by atoms with Crippen molar-refractivity contribution in [2.24, 2.45) is 0 Å². The highest BCUT2D eigenvalue weighted by atomic mass is 79.9. The van der Waals surface area contributed by atoms with Gasteiger partial charge < -0.3 is 15.0 Å². The lowest BCUT2D eigenvalue weighted by atomic mass is 10.1. The van der Waals surface area contributed by atoms with E-state index in [4.69, 9.17) is 4.74 Å². The van der Waals surface area contributed by atoms with Gasteiger partial charge in [0.25, 0.3) is 10.0 Å². The van der Waals surface area contributed by atoms with Crippen LogP contribution in [-0.4, -0.2) is 43.3 Å². The summed E-state index contributed by atoms with van der Waals surface area (Å²) in [6.45, 7) is 6.80. The third-order valence-corrected chi connectivity index (χ3v) is 8.96. The van der Waals surface area contributed by atoms with Gasteiger partial charge in [0.2, 0.25) is 11.8 Å². The number of nitrogens with one attached hydrogen (secondary N) is 1. The molecular formula is C34H36BrN3O5S. The third-order valence-electron chi connectivity index (χ3n) is 6.65. The molecule has 0 fully saturated rings. The number of hydrogen-bond donors (Lipinski definition) is 1. The van der Waals surface area contributed by atoms with Crippen LogP contribution in [0.2, 0.25) is 0 Å². The van der Waals surface area contributed by atoms with Crippen LogP contribution in [0.4, 0.5) is 5.69 Å². The average molecular weight is 679 g/mol. The highest BCUT2D eigenvalue weighted by Gasteiger charge is 2.33. The molecule has 4 aromatic carbocycles. The Labute approximate surface area is 267 Å². The molecule has 0 spiro atoms. The van der Waals surface area contributed by atoms with Gasteiger partial charge >= 0.3 is 0 Å². The Morgan fingerprint density at radius 1 is 0.818 bits per heavy atom. The Morgan fingerprint density at radius 3 is 1.93 bits per heavy atom. The number of carbonyl (C=O) groups is 2. The molecule has 1 atom stereocenters. The summed E-state index contributed by atoms with van der Waals surface area (Å²) in [6.07, 6.45) is 0. The Balaban J connectivity index is 1.69. The number of carbonyl (C=O) groups excluding carboxylic acids is 2. The summed E-state index contributed by atoms with van der Waals surface area (Å²) in [5.74, 6) is 0.263. The van der Waals surface area contributed by atoms with E-state index < -0.39 is 34.1 Å². The molecule has 230 valence electrons. The molecule has 0 radical (unpaired) electrons. The molecule has 0 bridgehead atoms. The number of hydrogen-bond acceptors (Lipinski definition) is 5. The molecule has 10 heteroatoms. The van der Waals surface area contributed by atoms with Crippen molar-refractivity contribution in [2.75, 3.05) is 10.8 Å². The van der Waals surface area contributed by atoms with Gasteiger partial charge in [-0.15, -0.1) is 0 Å². The maximum Gasteiger partial charge on any atom is 0.264 e. The largest absolute Gasteiger partial charge is 0.457 e. The molecule has 8 nitrogen and oxygen atoms in total. The van der Waals surface area contributed by atoms with Crippen molar-refractivity contribution in [1.29, 1.82) is 0 Å². The Morgan fingerprint density at radius 2 is 1.36 bits per heavy atom. The average Bonchev–Trinajstić information content (AvgIpc) is 2.99. The first-order chi connectivity index (χ1) is 20.8. The van der Waals surface area contributed by atoms with Crippen molar-refractivity contribution < 1.29 is 22.7 Å². The van der Waals surface area contributed by atoms with Crippen molar-refractivity contribution in [2.45, 2.75) is 50.7 Å². The predicted molar refractivity (Wildman–Crippen MR) is 176 cm³/mol. The normalized spacial score (nSPS) is 12.2. The van der Waals surface area contributed by atoms with Crippen molar-refractivity contribution in [3.05, 3.63) is 119 Å². The number of anilines is 1. The lowest BCUT2D eigenvalue weighted by Gasteiger charge is -2.33. The van der Waals surface area contributed by atoms with Crippen LogP contribution in [0.25, 0.3) is 0 Å². The van der Waals surface area contributed by atoms with Gasteiger partial charge in [0.15, 0.2) is 0 Å². The summed E-state index contributed by atoms with van der Waals surface area (Å²) >= 11 is 3.42. The fourth-order valence-corrected chi connectivity index (χ4v) is 6.10. The minimum Gasteiger partial charge on any atom is -0.457 e. The van der Waals surface area contributed by atoms with E-state index in [0.29, 0.717) is 11.5 Å². The molecule has 0 saturated carbocycles. The molecule has 0 aliphatic rings. The summed E-state index contributed by atoms with van der Waals surface area (Å²) in [5.41, 5.74) is 0.541. The molecule has 0 aliphatic carbocycles. The summed E-state index contributed by atoms with van der Waals surface area (Å²) in [5, 5.41) is 2.93. The van der Waals surface area contributed by atoms with Crippen LogP contribution in [-0.2, 0) is 26.2 Å². The van der Waals surface area contributed by atoms with Crippen LogP contribution in [0.15, 0.2) is 119 Å². The minimum atomic E-state index is -4.17. The number of ether oxygens (including phenoxy) is 1. The lowest BCUT2D eigenvalue weighted by Crippen LogP contribution is -2.54. The monoisotopic (exact) mass is 677 g/mol. The van der Waals surface area contributed by atoms with Gasteiger partial charge in [-0.25, -0.2) is 8.42 Å². The molecule has 1 N–H and O–H groups in total. The van der Waals surface area contributed by atoms with Crippen LogP contribution < -0.4 is 14.4 Å². The molecular weight excluding hydrogens is 642 g/mol. The molecule has 0 unspecified atom stereocenters. The number of nitrogens with zero attached hydrogens (tertiary/aromatic N) is 2. The zero-order valence-electron chi connectivity index (χ0n) is 25.1. The Kier molecular flexibility index (Phi) is 10.5. The van der Waals surface area contributed by atoms with Gasteiger partial charge in [0.1, 0.15) is 24.1 Å². The number of sulfonamides is 1. The summed E-state index contributed by atoms with van der Waals surface area (Å²) in [4.78, 5) is 28.8. The van der Waals surface area contributed by atoms with Crippen molar-refractivity contribution in [1.82, 2.24) is 10.2 Å². The molecule has 0 aliphatic heterocycles. The number of rotatable bonds is 11. The lowest BCUT2D eigenvalue weighted by molar-refractivity contribution is -0.140. The number of amides is 2. The number of para-hydroxylation sites is 1. The van der Waals surface area contributed by atoms with Gasteiger partial charge in [-0.2, -0.15) is 0 Å². The van der Waals surface area contributed by atoms with Gasteiger partial charge in [-0.1, -0.05) is 64.5 Å². The predicted octanol–water partition coefficient (Wildman–Crippen LogP) is 6.77. The van der Waals surface area contributed by atoms with E-state index in [9.17, 15) is 18.0 Å². The van der Waals surface area contributed by atoms with Crippen LogP contribution >= 0.6 is 15.9 Å². The van der Waals surface area contributed by atoms with Crippen LogP contribution in [0.5, 0.6) is 11.5 Å². The maximum absolute atomic E-state index is 14.1. The quantitative estimate of drug-likeness (QED) is 0.189. The summed E-state index contributed by atoms with van der Waals surface area (Å²) in [6, 6.07) is 30.2. The molecule has 4 rings (SSSR count). The Hall–Kier alpha value is -4.15. The fraction of sp³-hybridized carbons (Fsp3) is 0.235. The molecule has 0 heterocycles. The smallest absolute Gasteiger partial charge is 0.264 e. The molecule has 0 saturated heterocycles. The van der Waals surface area contributed by atoms with Crippen LogP contribution in [0.3, 0.4) is 0 Å². The second-order valence-corrected chi connectivity index (χ2v) is 14.1. The van der Waals surface area contributed by atoms with Crippen molar-refractivity contribution >= 4 is 43.5 Å². The first-order valence-corrected chi connectivity index (χ1v) is 16.3. The first-order valence-electron chi connectivity index (χ1n) is 14.1. The first kappa shape index (κ1) is 32.8. The van der Waals surface area contributed by atoms with Crippen LogP contribution in [0, 0.1) is 0 Å². The Bertz CT molecular complexity index is 1660. The maximum atomic E-state index is 14.1. The summed E-state index contributed by atoms with van der Waals surface area (Å²) in [7, 11) is -4.17. The van der Waals surface area contributed by atoms with E-state index in [1.165, 1.54) is 17.0 Å². The van der Waals surface area contributed by atoms with Crippen LogP contribution in [0.1, 0.15) is 33.3 Å². The SMILES string of the molecule is C[C@@H](C(=O)NC(C)(C)C)N(Cc1ccc(Br)cc1)C(=O)CN(c1ccc(Oc2ccccc2)cc1)S(=O)(=O)c1ccccc1. The third kappa shape index (κ3) is 8.70. The molecule has 2 amide bonds. The van der Waals surface area contributed by atoms with Gasteiger partial charge in [0, 0.05) is 16.6 Å². The highest BCUT2D eigenvalue weighted by Crippen LogP contribution is 2.28. The molecule has 4 aromatic rings. The van der Waals surface area contributed by atoms with E-state index in [1.807, 2.05) is 75.4 Å². The van der Waals surface area contributed by atoms with Crippen molar-refractivity contribution in [3.8, 4) is 11.5 Å².